The Morgan fingerprint density at radius 1 is 1.19 bits per heavy atom. The number of ketones is 1. The van der Waals surface area contributed by atoms with Gasteiger partial charge in [-0.05, 0) is 17.7 Å². The van der Waals surface area contributed by atoms with E-state index in [1.807, 2.05) is 30.1 Å². The average molecular weight is 352 g/mol. The van der Waals surface area contributed by atoms with Crippen LogP contribution < -0.4 is 9.64 Å². The van der Waals surface area contributed by atoms with Crippen LogP contribution in [0.4, 0.5) is 11.4 Å². The first kappa shape index (κ1) is 17.7. The lowest BCUT2D eigenvalue weighted by molar-refractivity contribution is -0.385. The van der Waals surface area contributed by atoms with Gasteiger partial charge in [0, 0.05) is 36.0 Å². The molecule has 0 aliphatic carbocycles. The molecule has 0 fully saturated rings. The number of benzene rings is 2. The second kappa shape index (κ2) is 6.63. The minimum Gasteiger partial charge on any atom is -0.478 e. The fourth-order valence-corrected chi connectivity index (χ4v) is 3.33. The number of nitro benzene ring substituents is 1. The number of carbonyl (C=O) groups excluding carboxylic acids is 1. The summed E-state index contributed by atoms with van der Waals surface area (Å²) >= 11 is 0. The van der Waals surface area contributed by atoms with E-state index < -0.39 is 4.92 Å². The molecule has 1 aliphatic heterocycles. The summed E-state index contributed by atoms with van der Waals surface area (Å²) in [4.78, 5) is 24.9. The standard InChI is InChI=1S/C20H20N2O4/c1-20(2)15-8-4-5-9-16(15)21(3)19(20)12-14(23)13-26-18-11-7-6-10-17(18)22(24)25/h4-12H,13H2,1-3H3. The molecule has 0 amide bonds. The van der Waals surface area contributed by atoms with E-state index in [1.54, 1.807) is 18.2 Å². The molecule has 1 heterocycles. The summed E-state index contributed by atoms with van der Waals surface area (Å²) in [5.74, 6) is -0.155. The zero-order valence-corrected chi connectivity index (χ0v) is 14.9. The third-order valence-electron chi connectivity index (χ3n) is 4.67. The minimum absolute atomic E-state index is 0.0894. The smallest absolute Gasteiger partial charge is 0.310 e. The topological polar surface area (TPSA) is 72.7 Å². The molecule has 0 aromatic heterocycles. The highest BCUT2D eigenvalue weighted by Crippen LogP contribution is 2.46. The SMILES string of the molecule is CN1C(=CC(=O)COc2ccccc2[N+](=O)[O-])C(C)(C)c2ccccc21. The molecule has 0 saturated heterocycles. The van der Waals surface area contributed by atoms with E-state index in [2.05, 4.69) is 19.9 Å². The van der Waals surface area contributed by atoms with Crippen LogP contribution in [0.1, 0.15) is 19.4 Å². The monoisotopic (exact) mass is 352 g/mol. The molecular weight excluding hydrogens is 332 g/mol. The molecule has 0 bridgehead atoms. The van der Waals surface area contributed by atoms with Crippen LogP contribution >= 0.6 is 0 Å². The van der Waals surface area contributed by atoms with Gasteiger partial charge in [0.1, 0.15) is 0 Å². The van der Waals surface area contributed by atoms with Crippen LogP contribution in [0.5, 0.6) is 5.75 Å². The molecule has 2 aromatic carbocycles. The number of anilines is 1. The zero-order chi connectivity index (χ0) is 18.9. The Labute approximate surface area is 151 Å². The van der Waals surface area contributed by atoms with E-state index in [-0.39, 0.29) is 29.2 Å². The number of ether oxygens (including phenoxy) is 1. The lowest BCUT2D eigenvalue weighted by atomic mass is 9.83. The van der Waals surface area contributed by atoms with Crippen molar-refractivity contribution in [3.63, 3.8) is 0 Å². The molecule has 0 saturated carbocycles. The van der Waals surface area contributed by atoms with Gasteiger partial charge in [0.15, 0.2) is 18.1 Å². The summed E-state index contributed by atoms with van der Waals surface area (Å²) < 4.78 is 5.40. The van der Waals surface area contributed by atoms with Gasteiger partial charge < -0.3 is 9.64 Å². The maximum absolute atomic E-state index is 12.4. The molecular formula is C20H20N2O4. The number of fused-ring (bicyclic) bond motifs is 1. The van der Waals surface area contributed by atoms with E-state index in [0.29, 0.717) is 0 Å². The van der Waals surface area contributed by atoms with Gasteiger partial charge in [0.05, 0.1) is 4.92 Å². The Balaban J connectivity index is 1.79. The van der Waals surface area contributed by atoms with Gasteiger partial charge in [-0.2, -0.15) is 0 Å². The number of hydrogen-bond donors (Lipinski definition) is 0. The Bertz CT molecular complexity index is 902. The largest absolute Gasteiger partial charge is 0.478 e. The van der Waals surface area contributed by atoms with Crippen molar-refractivity contribution in [3.8, 4) is 5.75 Å². The zero-order valence-electron chi connectivity index (χ0n) is 14.9. The van der Waals surface area contributed by atoms with Gasteiger partial charge in [-0.15, -0.1) is 0 Å². The second-order valence-corrected chi connectivity index (χ2v) is 6.71. The fraction of sp³-hybridized carbons (Fsp3) is 0.250. The summed E-state index contributed by atoms with van der Waals surface area (Å²) in [7, 11) is 1.93. The molecule has 134 valence electrons. The van der Waals surface area contributed by atoms with Gasteiger partial charge >= 0.3 is 5.69 Å². The van der Waals surface area contributed by atoms with Crippen LogP contribution in [0.25, 0.3) is 0 Å². The van der Waals surface area contributed by atoms with Gasteiger partial charge in [-0.3, -0.25) is 14.9 Å². The number of nitrogens with zero attached hydrogens (tertiary/aromatic N) is 2. The molecule has 3 rings (SSSR count). The lowest BCUT2D eigenvalue weighted by Crippen LogP contribution is -2.25. The van der Waals surface area contributed by atoms with Crippen molar-refractivity contribution in [1.29, 1.82) is 0 Å². The van der Waals surface area contributed by atoms with Crippen LogP contribution in [0.15, 0.2) is 60.3 Å². The van der Waals surface area contributed by atoms with Gasteiger partial charge in [0.2, 0.25) is 0 Å². The van der Waals surface area contributed by atoms with Crippen LogP contribution in [0, 0.1) is 10.1 Å². The van der Waals surface area contributed by atoms with Crippen LogP contribution in [-0.2, 0) is 10.2 Å². The molecule has 0 spiro atoms. The van der Waals surface area contributed by atoms with Crippen molar-refractivity contribution in [2.45, 2.75) is 19.3 Å². The third-order valence-corrected chi connectivity index (χ3v) is 4.67. The van der Waals surface area contributed by atoms with Crippen LogP contribution in [0.2, 0.25) is 0 Å². The highest BCUT2D eigenvalue weighted by molar-refractivity contribution is 5.93. The van der Waals surface area contributed by atoms with Crippen molar-refractivity contribution >= 4 is 17.2 Å². The second-order valence-electron chi connectivity index (χ2n) is 6.71. The number of likely N-dealkylation sites (N-methyl/N-ethyl adjacent to an activating group) is 1. The Morgan fingerprint density at radius 3 is 2.54 bits per heavy atom. The lowest BCUT2D eigenvalue weighted by Gasteiger charge is -2.23. The van der Waals surface area contributed by atoms with E-state index in [9.17, 15) is 14.9 Å². The maximum atomic E-state index is 12.4. The van der Waals surface area contributed by atoms with E-state index in [4.69, 9.17) is 4.74 Å². The first-order chi connectivity index (χ1) is 12.3. The number of allylic oxidation sites excluding steroid dienone is 1. The number of nitro groups is 1. The van der Waals surface area contributed by atoms with Gasteiger partial charge in [-0.25, -0.2) is 0 Å². The number of para-hydroxylation sites is 3. The fourth-order valence-electron chi connectivity index (χ4n) is 3.33. The van der Waals surface area contributed by atoms with Crippen LogP contribution in [-0.4, -0.2) is 24.4 Å². The predicted octanol–water partition coefficient (Wildman–Crippen LogP) is 3.85. The normalized spacial score (nSPS) is 16.4. The molecule has 0 radical (unpaired) electrons. The Kier molecular flexibility index (Phi) is 4.50. The Morgan fingerprint density at radius 2 is 1.85 bits per heavy atom. The highest BCUT2D eigenvalue weighted by atomic mass is 16.6. The first-order valence-electron chi connectivity index (χ1n) is 8.27. The molecule has 0 atom stereocenters. The molecule has 6 heteroatoms. The van der Waals surface area contributed by atoms with E-state index in [0.717, 1.165) is 16.9 Å². The number of hydrogen-bond acceptors (Lipinski definition) is 5. The summed E-state index contributed by atoms with van der Waals surface area (Å²) in [6.07, 6.45) is 1.56. The highest BCUT2D eigenvalue weighted by Gasteiger charge is 2.38. The molecule has 6 nitrogen and oxygen atoms in total. The molecule has 0 unspecified atom stereocenters. The average Bonchev–Trinajstić information content (AvgIpc) is 2.81. The maximum Gasteiger partial charge on any atom is 0.310 e. The minimum atomic E-state index is -0.525. The van der Waals surface area contributed by atoms with Gasteiger partial charge in [0.25, 0.3) is 0 Å². The molecule has 26 heavy (non-hydrogen) atoms. The summed E-state index contributed by atoms with van der Waals surface area (Å²) in [5.41, 5.74) is 2.63. The van der Waals surface area contributed by atoms with Crippen molar-refractivity contribution in [2.24, 2.45) is 0 Å². The van der Waals surface area contributed by atoms with Gasteiger partial charge in [-0.1, -0.05) is 44.2 Å². The number of rotatable bonds is 5. The van der Waals surface area contributed by atoms with E-state index >= 15 is 0 Å². The number of carbonyl (C=O) groups is 1. The van der Waals surface area contributed by atoms with Crippen molar-refractivity contribution in [3.05, 3.63) is 76.0 Å². The van der Waals surface area contributed by atoms with Crippen molar-refractivity contribution in [2.75, 3.05) is 18.6 Å². The quantitative estimate of drug-likeness (QED) is 0.464. The molecule has 0 N–H and O–H groups in total. The molecule has 2 aromatic rings. The summed E-state index contributed by atoms with van der Waals surface area (Å²) in [6, 6.07) is 14.1. The van der Waals surface area contributed by atoms with Crippen LogP contribution in [0.3, 0.4) is 0 Å². The molecule has 1 aliphatic rings. The van der Waals surface area contributed by atoms with Crippen molar-refractivity contribution < 1.29 is 14.5 Å². The predicted molar refractivity (Wildman–Crippen MR) is 99.6 cm³/mol. The summed E-state index contributed by atoms with van der Waals surface area (Å²) in [6.45, 7) is 3.88. The third kappa shape index (κ3) is 3.06. The Hall–Kier alpha value is -3.15. The summed E-state index contributed by atoms with van der Waals surface area (Å²) in [5, 5.41) is 11.0. The first-order valence-corrected chi connectivity index (χ1v) is 8.27. The van der Waals surface area contributed by atoms with Crippen molar-refractivity contribution in [1.82, 2.24) is 0 Å². The van der Waals surface area contributed by atoms with E-state index in [1.165, 1.54) is 12.1 Å².